The van der Waals surface area contributed by atoms with E-state index in [0.29, 0.717) is 5.16 Å². The average molecular weight is 323 g/mol. The van der Waals surface area contributed by atoms with E-state index in [-0.39, 0.29) is 5.72 Å². The molecule has 1 aromatic heterocycles. The molecule has 0 amide bonds. The highest BCUT2D eigenvalue weighted by atomic mass is 32.2. The van der Waals surface area contributed by atoms with Crippen molar-refractivity contribution in [3.63, 3.8) is 0 Å². The van der Waals surface area contributed by atoms with Gasteiger partial charge < -0.3 is 5.11 Å². The van der Waals surface area contributed by atoms with Gasteiger partial charge in [0.15, 0.2) is 13.0 Å². The van der Waals surface area contributed by atoms with Gasteiger partial charge in [-0.05, 0) is 25.3 Å². The van der Waals surface area contributed by atoms with Crippen LogP contribution < -0.4 is 5.72 Å². The van der Waals surface area contributed by atoms with Crippen LogP contribution in [0.4, 0.5) is 0 Å². The van der Waals surface area contributed by atoms with Gasteiger partial charge in [0.2, 0.25) is 0 Å². The van der Waals surface area contributed by atoms with Crippen LogP contribution >= 0.6 is 11.8 Å². The van der Waals surface area contributed by atoms with Crippen LogP contribution in [0.2, 0.25) is 0 Å². The van der Waals surface area contributed by atoms with Crippen LogP contribution in [0.5, 0.6) is 0 Å². The summed E-state index contributed by atoms with van der Waals surface area (Å²) in [7, 11) is 5.99. The molecule has 0 fully saturated rings. The van der Waals surface area contributed by atoms with Crippen LogP contribution in [-0.2, 0) is 4.79 Å². The van der Waals surface area contributed by atoms with Gasteiger partial charge in [0.25, 0.3) is 0 Å². The average Bonchev–Trinajstić information content (AvgIpc) is 2.86. The van der Waals surface area contributed by atoms with Gasteiger partial charge in [0, 0.05) is 5.39 Å². The van der Waals surface area contributed by atoms with Crippen molar-refractivity contribution in [1.29, 1.82) is 0 Å². The normalized spacial score (nSPS) is 11.7. The van der Waals surface area contributed by atoms with Gasteiger partial charge in [-0.25, -0.2) is 0 Å². The first kappa shape index (κ1) is 15.6. The lowest BCUT2D eigenvalue weighted by Crippen LogP contribution is -2.28. The van der Waals surface area contributed by atoms with Crippen LogP contribution in [0.1, 0.15) is 13.8 Å². The van der Waals surface area contributed by atoms with Crippen molar-refractivity contribution in [3.05, 3.63) is 42.5 Å². The molecule has 114 valence electrons. The van der Waals surface area contributed by atoms with E-state index in [0.717, 1.165) is 28.2 Å². The molecule has 5 nitrogen and oxygen atoms in total. The third-order valence-corrected chi connectivity index (χ3v) is 4.66. The molecule has 3 rings (SSSR count). The van der Waals surface area contributed by atoms with Gasteiger partial charge in [-0.15, -0.1) is 10.2 Å². The molecule has 0 aliphatic heterocycles. The Balaban J connectivity index is 2.17. The van der Waals surface area contributed by atoms with Crippen molar-refractivity contribution in [2.75, 3.05) is 0 Å². The maximum absolute atomic E-state index is 11.4. The Labute approximate surface area is 139 Å². The van der Waals surface area contributed by atoms with Gasteiger partial charge in [0.05, 0.1) is 11.4 Å². The first-order chi connectivity index (χ1) is 10.9. The molecular weight excluding hydrogens is 309 g/mol. The van der Waals surface area contributed by atoms with Crippen LogP contribution in [0.25, 0.3) is 16.5 Å². The first-order valence-corrected chi connectivity index (χ1v) is 7.83. The number of hydrogen-bond acceptors (Lipinski definition) is 4. The number of fused-ring (bicyclic) bond motifs is 1. The lowest BCUT2D eigenvalue weighted by molar-refractivity contribution is -0.138. The van der Waals surface area contributed by atoms with Crippen molar-refractivity contribution < 1.29 is 9.90 Å². The quantitative estimate of drug-likeness (QED) is 0.589. The van der Waals surface area contributed by atoms with Gasteiger partial charge in [-0.1, -0.05) is 48.2 Å². The molecule has 7 heteroatoms. The molecule has 0 saturated carbocycles. The number of carboxylic acid groups (broad SMARTS) is 1. The molecule has 0 spiro atoms. The fraction of sp³-hybridized carbons (Fsp3) is 0.188. The molecular formula is C16H14BN3O2S. The minimum Gasteiger partial charge on any atom is -0.480 e. The minimum absolute atomic E-state index is 0.227. The van der Waals surface area contributed by atoms with Crippen molar-refractivity contribution in [2.24, 2.45) is 0 Å². The van der Waals surface area contributed by atoms with Crippen LogP contribution in [0.3, 0.4) is 0 Å². The summed E-state index contributed by atoms with van der Waals surface area (Å²) in [6.45, 7) is 3.25. The highest BCUT2D eigenvalue weighted by Crippen LogP contribution is 2.33. The van der Waals surface area contributed by atoms with Crippen molar-refractivity contribution in [1.82, 2.24) is 14.8 Å². The second kappa shape index (κ2) is 5.74. The summed E-state index contributed by atoms with van der Waals surface area (Å²) < 4.78 is 0.652. The van der Waals surface area contributed by atoms with Crippen LogP contribution in [0.15, 0.2) is 47.6 Å². The number of carbonyl (C=O) groups is 1. The molecule has 0 unspecified atom stereocenters. The predicted molar refractivity (Wildman–Crippen MR) is 91.8 cm³/mol. The third-order valence-electron chi connectivity index (χ3n) is 3.53. The van der Waals surface area contributed by atoms with E-state index in [4.69, 9.17) is 7.85 Å². The molecule has 0 atom stereocenters. The lowest BCUT2D eigenvalue weighted by Gasteiger charge is -2.19. The topological polar surface area (TPSA) is 68.0 Å². The predicted octanol–water partition coefficient (Wildman–Crippen LogP) is 2.17. The first-order valence-electron chi connectivity index (χ1n) is 7.01. The number of hydrogen-bond donors (Lipinski definition) is 1. The number of benzene rings is 2. The SMILES string of the molecule is [B]c1nnc(SC(C)(C)C(=O)O)n1-c1cccc2ccccc12. The zero-order chi connectivity index (χ0) is 16.6. The van der Waals surface area contributed by atoms with Gasteiger partial charge in [-0.3, -0.25) is 9.36 Å². The largest absolute Gasteiger partial charge is 0.480 e. The van der Waals surface area contributed by atoms with Crippen LogP contribution in [0, 0.1) is 0 Å². The zero-order valence-corrected chi connectivity index (χ0v) is 13.5. The Bertz CT molecular complexity index is 887. The summed E-state index contributed by atoms with van der Waals surface area (Å²) in [6, 6.07) is 13.8. The number of thioether (sulfide) groups is 1. The van der Waals surface area contributed by atoms with Gasteiger partial charge in [-0.2, -0.15) is 0 Å². The molecule has 2 aromatic carbocycles. The summed E-state index contributed by atoms with van der Waals surface area (Å²) >= 11 is 1.11. The Morgan fingerprint density at radius 3 is 2.61 bits per heavy atom. The van der Waals surface area contributed by atoms with Crippen molar-refractivity contribution >= 4 is 42.1 Å². The van der Waals surface area contributed by atoms with E-state index in [1.165, 1.54) is 0 Å². The monoisotopic (exact) mass is 323 g/mol. The van der Waals surface area contributed by atoms with Gasteiger partial charge >= 0.3 is 5.97 Å². The standard InChI is InChI=1S/C16H14BN3O2S/c1-16(2,13(21)22)23-15-19-18-14(17)20(15)12-9-5-7-10-6-3-4-8-11(10)12/h3-9H,1-2H3,(H,21,22). The third kappa shape index (κ3) is 2.84. The molecule has 0 aliphatic carbocycles. The summed E-state index contributed by atoms with van der Waals surface area (Å²) in [5.74, 6) is -0.923. The van der Waals surface area contributed by atoms with E-state index in [9.17, 15) is 9.90 Å². The number of aromatic nitrogens is 3. The highest BCUT2D eigenvalue weighted by molar-refractivity contribution is 8.01. The summed E-state index contributed by atoms with van der Waals surface area (Å²) in [4.78, 5) is 11.4. The lowest BCUT2D eigenvalue weighted by atomic mass is 10.1. The zero-order valence-electron chi connectivity index (χ0n) is 12.7. The van der Waals surface area contributed by atoms with E-state index >= 15 is 0 Å². The fourth-order valence-corrected chi connectivity index (χ4v) is 3.16. The minimum atomic E-state index is -1.04. The summed E-state index contributed by atoms with van der Waals surface area (Å²) in [6.07, 6.45) is 0. The maximum Gasteiger partial charge on any atom is 0.319 e. The second-order valence-electron chi connectivity index (χ2n) is 5.59. The molecule has 3 aromatic rings. The van der Waals surface area contributed by atoms with Crippen LogP contribution in [-0.4, -0.2) is 38.4 Å². The van der Waals surface area contributed by atoms with E-state index in [2.05, 4.69) is 10.2 Å². The Hall–Kier alpha value is -2.28. The summed E-state index contributed by atoms with van der Waals surface area (Å²) in [5, 5.41) is 19.8. The van der Waals surface area contributed by atoms with E-state index in [1.54, 1.807) is 18.4 Å². The Morgan fingerprint density at radius 1 is 1.17 bits per heavy atom. The molecule has 23 heavy (non-hydrogen) atoms. The van der Waals surface area contributed by atoms with Gasteiger partial charge in [0.1, 0.15) is 4.75 Å². The fourth-order valence-electron chi connectivity index (χ4n) is 2.25. The molecule has 0 aliphatic rings. The molecule has 2 radical (unpaired) electrons. The Kier molecular flexibility index (Phi) is 3.89. The molecule has 1 heterocycles. The van der Waals surface area contributed by atoms with Crippen molar-refractivity contribution in [3.8, 4) is 5.69 Å². The number of carboxylic acids is 1. The number of nitrogens with zero attached hydrogens (tertiary/aromatic N) is 3. The smallest absolute Gasteiger partial charge is 0.319 e. The molecule has 0 bridgehead atoms. The molecule has 1 N–H and O–H groups in total. The summed E-state index contributed by atoms with van der Waals surface area (Å²) in [5.41, 5.74) is 1.05. The van der Waals surface area contributed by atoms with E-state index in [1.807, 2.05) is 42.5 Å². The maximum atomic E-state index is 11.4. The van der Waals surface area contributed by atoms with Crippen molar-refractivity contribution in [2.45, 2.75) is 23.8 Å². The second-order valence-corrected chi connectivity index (χ2v) is 7.18. The number of aliphatic carboxylic acids is 1. The van der Waals surface area contributed by atoms with E-state index < -0.39 is 10.7 Å². The molecule has 0 saturated heterocycles. The highest BCUT2D eigenvalue weighted by Gasteiger charge is 2.31. The number of rotatable bonds is 4. The Morgan fingerprint density at radius 2 is 1.87 bits per heavy atom.